The van der Waals surface area contributed by atoms with Crippen molar-refractivity contribution in [2.75, 3.05) is 0 Å². The molecule has 0 spiro atoms. The molecule has 1 atom stereocenters. The van der Waals surface area contributed by atoms with Gasteiger partial charge >= 0.3 is 5.97 Å². The van der Waals surface area contributed by atoms with Crippen molar-refractivity contribution < 1.29 is 19.5 Å². The van der Waals surface area contributed by atoms with Crippen molar-refractivity contribution in [3.8, 4) is 0 Å². The zero-order valence-electron chi connectivity index (χ0n) is 9.58. The molecule has 0 fully saturated rings. The number of aryl methyl sites for hydroxylation is 1. The second-order valence-corrected chi connectivity index (χ2v) is 3.58. The minimum Gasteiger partial charge on any atom is -0.480 e. The van der Waals surface area contributed by atoms with E-state index in [-0.39, 0.29) is 5.69 Å². The van der Waals surface area contributed by atoms with Gasteiger partial charge < -0.3 is 16.2 Å². The summed E-state index contributed by atoms with van der Waals surface area (Å²) in [7, 11) is 0. The Morgan fingerprint density at radius 1 is 1.39 bits per heavy atom. The fraction of sp³-hybridized carbons (Fsp3) is 0.300. The van der Waals surface area contributed by atoms with E-state index in [0.29, 0.717) is 5.69 Å². The minimum atomic E-state index is -1.38. The average molecular weight is 252 g/mol. The van der Waals surface area contributed by atoms with Crippen molar-refractivity contribution in [3.05, 3.63) is 23.8 Å². The Labute approximate surface area is 102 Å². The molecule has 0 aliphatic heterocycles. The molecular formula is C10H12N4O4. The van der Waals surface area contributed by atoms with E-state index in [1.807, 2.05) is 0 Å². The molecule has 4 N–H and O–H groups in total. The van der Waals surface area contributed by atoms with E-state index in [1.165, 1.54) is 12.4 Å². The van der Waals surface area contributed by atoms with Crippen LogP contribution in [0.1, 0.15) is 22.6 Å². The number of nitrogens with one attached hydrogen (secondary N) is 1. The lowest BCUT2D eigenvalue weighted by Crippen LogP contribution is -2.43. The fourth-order valence-corrected chi connectivity index (χ4v) is 1.14. The first kappa shape index (κ1) is 13.6. The van der Waals surface area contributed by atoms with E-state index in [1.54, 1.807) is 6.92 Å². The third-order valence-electron chi connectivity index (χ3n) is 2.02. The second kappa shape index (κ2) is 5.71. The molecule has 0 unspecified atom stereocenters. The highest BCUT2D eigenvalue weighted by atomic mass is 16.4. The van der Waals surface area contributed by atoms with Crippen LogP contribution in [0.15, 0.2) is 12.4 Å². The van der Waals surface area contributed by atoms with Crippen molar-refractivity contribution in [1.82, 2.24) is 15.3 Å². The summed E-state index contributed by atoms with van der Waals surface area (Å²) in [4.78, 5) is 40.7. The van der Waals surface area contributed by atoms with Crippen molar-refractivity contribution in [3.63, 3.8) is 0 Å². The van der Waals surface area contributed by atoms with E-state index in [0.717, 1.165) is 0 Å². The normalized spacial score (nSPS) is 11.6. The zero-order valence-corrected chi connectivity index (χ0v) is 9.58. The summed E-state index contributed by atoms with van der Waals surface area (Å²) >= 11 is 0. The number of nitrogens with two attached hydrogens (primary N) is 1. The standard InChI is InChI=1S/C10H12N4O4/c1-5-3-13-7(4-12-5)9(16)14-6(10(17)18)2-8(11)15/h3-4,6H,2H2,1H3,(H2,11,15)(H,14,16)(H,17,18)/t6-/m1/s1. The zero-order chi connectivity index (χ0) is 13.7. The molecule has 0 aliphatic carbocycles. The Hall–Kier alpha value is -2.51. The number of carbonyl (C=O) groups is 3. The molecule has 1 rings (SSSR count). The Morgan fingerprint density at radius 3 is 2.50 bits per heavy atom. The Kier molecular flexibility index (Phi) is 4.30. The van der Waals surface area contributed by atoms with Crippen LogP contribution in [-0.4, -0.2) is 38.9 Å². The summed E-state index contributed by atoms with van der Waals surface area (Å²) in [5.41, 5.74) is 5.48. The smallest absolute Gasteiger partial charge is 0.326 e. The number of amides is 2. The van der Waals surface area contributed by atoms with E-state index in [4.69, 9.17) is 10.8 Å². The highest BCUT2D eigenvalue weighted by Crippen LogP contribution is 1.98. The number of primary amides is 1. The van der Waals surface area contributed by atoms with Gasteiger partial charge in [-0.3, -0.25) is 14.6 Å². The molecule has 0 saturated carbocycles. The van der Waals surface area contributed by atoms with Crippen LogP contribution >= 0.6 is 0 Å². The van der Waals surface area contributed by atoms with Crippen LogP contribution in [0.5, 0.6) is 0 Å². The molecule has 0 bridgehead atoms. The third kappa shape index (κ3) is 3.81. The maximum atomic E-state index is 11.6. The Bertz CT molecular complexity index is 471. The topological polar surface area (TPSA) is 135 Å². The molecule has 8 nitrogen and oxygen atoms in total. The number of rotatable bonds is 5. The van der Waals surface area contributed by atoms with E-state index in [2.05, 4.69) is 15.3 Å². The number of carboxylic acid groups (broad SMARTS) is 1. The molecule has 2 amide bonds. The van der Waals surface area contributed by atoms with Gasteiger partial charge in [0.25, 0.3) is 5.91 Å². The van der Waals surface area contributed by atoms with Crippen molar-refractivity contribution in [1.29, 1.82) is 0 Å². The quantitative estimate of drug-likeness (QED) is 0.605. The van der Waals surface area contributed by atoms with E-state index in [9.17, 15) is 14.4 Å². The van der Waals surface area contributed by atoms with Crippen LogP contribution in [0.2, 0.25) is 0 Å². The summed E-state index contributed by atoms with van der Waals surface area (Å²) in [5.74, 6) is -2.89. The SMILES string of the molecule is Cc1cnc(C(=O)N[C@H](CC(N)=O)C(=O)O)cn1. The highest BCUT2D eigenvalue weighted by molar-refractivity contribution is 5.95. The molecule has 96 valence electrons. The number of aliphatic carboxylic acids is 1. The minimum absolute atomic E-state index is 0.0312. The van der Waals surface area contributed by atoms with Crippen LogP contribution in [-0.2, 0) is 9.59 Å². The lowest BCUT2D eigenvalue weighted by Gasteiger charge is -2.12. The predicted molar refractivity (Wildman–Crippen MR) is 59.5 cm³/mol. The molecule has 18 heavy (non-hydrogen) atoms. The van der Waals surface area contributed by atoms with Crippen LogP contribution in [0.25, 0.3) is 0 Å². The van der Waals surface area contributed by atoms with Gasteiger partial charge in [0.15, 0.2) is 0 Å². The summed E-state index contributed by atoms with van der Waals surface area (Å²) in [6.45, 7) is 1.70. The summed E-state index contributed by atoms with van der Waals surface area (Å²) in [6.07, 6.45) is 2.10. The lowest BCUT2D eigenvalue weighted by molar-refractivity contribution is -0.140. The average Bonchev–Trinajstić information content (AvgIpc) is 2.28. The number of nitrogens with zero attached hydrogens (tertiary/aromatic N) is 2. The van der Waals surface area contributed by atoms with E-state index < -0.39 is 30.2 Å². The van der Waals surface area contributed by atoms with Crippen LogP contribution in [0, 0.1) is 6.92 Å². The first-order valence-corrected chi connectivity index (χ1v) is 5.00. The van der Waals surface area contributed by atoms with E-state index >= 15 is 0 Å². The van der Waals surface area contributed by atoms with Gasteiger partial charge in [0.05, 0.1) is 18.3 Å². The van der Waals surface area contributed by atoms with Gasteiger partial charge in [-0.15, -0.1) is 0 Å². The summed E-state index contributed by atoms with van der Waals surface area (Å²) in [5, 5.41) is 10.9. The monoisotopic (exact) mass is 252 g/mol. The molecule has 0 aromatic carbocycles. The molecule has 0 radical (unpaired) electrons. The first-order valence-electron chi connectivity index (χ1n) is 5.00. The fourth-order valence-electron chi connectivity index (χ4n) is 1.14. The molecule has 1 aromatic heterocycles. The van der Waals surface area contributed by atoms with Gasteiger partial charge in [0.1, 0.15) is 11.7 Å². The highest BCUT2D eigenvalue weighted by Gasteiger charge is 2.23. The largest absolute Gasteiger partial charge is 0.480 e. The molecular weight excluding hydrogens is 240 g/mol. The van der Waals surface area contributed by atoms with Gasteiger partial charge in [0, 0.05) is 6.20 Å². The number of carboxylic acids is 1. The third-order valence-corrected chi connectivity index (χ3v) is 2.02. The lowest BCUT2D eigenvalue weighted by atomic mass is 10.2. The van der Waals surface area contributed by atoms with Crippen molar-refractivity contribution in [2.45, 2.75) is 19.4 Å². The van der Waals surface area contributed by atoms with Crippen LogP contribution in [0.4, 0.5) is 0 Å². The Balaban J connectivity index is 2.75. The van der Waals surface area contributed by atoms with Gasteiger partial charge in [-0.1, -0.05) is 0 Å². The molecule has 1 aromatic rings. The number of carbonyl (C=O) groups excluding carboxylic acids is 2. The van der Waals surface area contributed by atoms with Crippen LogP contribution in [0.3, 0.4) is 0 Å². The van der Waals surface area contributed by atoms with Crippen LogP contribution < -0.4 is 11.1 Å². The molecule has 0 aliphatic rings. The van der Waals surface area contributed by atoms with Gasteiger partial charge in [-0.2, -0.15) is 0 Å². The van der Waals surface area contributed by atoms with Gasteiger partial charge in [0.2, 0.25) is 5.91 Å². The van der Waals surface area contributed by atoms with Crippen molar-refractivity contribution >= 4 is 17.8 Å². The summed E-state index contributed by atoms with van der Waals surface area (Å²) < 4.78 is 0. The predicted octanol–water partition coefficient (Wildman–Crippen LogP) is -1.16. The maximum absolute atomic E-state index is 11.6. The van der Waals surface area contributed by atoms with Crippen molar-refractivity contribution in [2.24, 2.45) is 5.73 Å². The number of aromatic nitrogens is 2. The van der Waals surface area contributed by atoms with Gasteiger partial charge in [-0.05, 0) is 6.92 Å². The summed E-state index contributed by atoms with van der Waals surface area (Å²) in [6, 6.07) is -1.38. The maximum Gasteiger partial charge on any atom is 0.326 e. The molecule has 1 heterocycles. The number of hydrogen-bond donors (Lipinski definition) is 3. The molecule has 8 heteroatoms. The first-order chi connectivity index (χ1) is 8.40. The molecule has 0 saturated heterocycles. The number of hydrogen-bond acceptors (Lipinski definition) is 5. The second-order valence-electron chi connectivity index (χ2n) is 3.58. The Morgan fingerprint density at radius 2 is 2.06 bits per heavy atom. The van der Waals surface area contributed by atoms with Gasteiger partial charge in [-0.25, -0.2) is 9.78 Å².